The number of nitro groups is 1. The first-order valence-corrected chi connectivity index (χ1v) is 8.81. The maximum atomic E-state index is 13.0. The van der Waals surface area contributed by atoms with E-state index in [1.807, 2.05) is 30.3 Å². The predicted octanol–water partition coefficient (Wildman–Crippen LogP) is 4.32. The normalized spacial score (nSPS) is 12.6. The van der Waals surface area contributed by atoms with Crippen LogP contribution in [0.5, 0.6) is 0 Å². The van der Waals surface area contributed by atoms with E-state index in [-0.39, 0.29) is 12.3 Å². The van der Waals surface area contributed by atoms with E-state index in [1.165, 1.54) is 17.8 Å². The lowest BCUT2D eigenvalue weighted by Crippen LogP contribution is -2.26. The molecule has 0 aromatic heterocycles. The third kappa shape index (κ3) is 5.63. The van der Waals surface area contributed by atoms with Gasteiger partial charge in [-0.25, -0.2) is 0 Å². The summed E-state index contributed by atoms with van der Waals surface area (Å²) in [6.45, 7) is -0.278. The van der Waals surface area contributed by atoms with Crippen LogP contribution in [0.4, 0.5) is 24.5 Å². The van der Waals surface area contributed by atoms with Crippen molar-refractivity contribution < 1.29 is 23.2 Å². The first-order chi connectivity index (χ1) is 12.3. The van der Waals surface area contributed by atoms with Gasteiger partial charge in [0, 0.05) is 23.3 Å². The second-order valence-electron chi connectivity index (χ2n) is 5.51. The van der Waals surface area contributed by atoms with Crippen molar-refractivity contribution in [3.63, 3.8) is 0 Å². The minimum absolute atomic E-state index is 0.0716. The van der Waals surface area contributed by atoms with Gasteiger partial charge in [-0.3, -0.25) is 10.1 Å². The number of hydrogen-bond donors (Lipinski definition) is 2. The number of aliphatic hydroxyl groups is 1. The first-order valence-electron chi connectivity index (χ1n) is 7.66. The SMILES string of the molecule is O=[N+]([O-])c1ccc(N[C@@H](CO)CSCc2ccccc2)cc1C(F)(F)F. The van der Waals surface area contributed by atoms with Crippen LogP contribution in [0.2, 0.25) is 0 Å². The van der Waals surface area contributed by atoms with Crippen LogP contribution < -0.4 is 5.32 Å². The lowest BCUT2D eigenvalue weighted by molar-refractivity contribution is -0.388. The molecule has 2 aromatic carbocycles. The van der Waals surface area contributed by atoms with E-state index in [2.05, 4.69) is 5.32 Å². The van der Waals surface area contributed by atoms with E-state index < -0.39 is 28.4 Å². The number of nitro benzene ring substituents is 1. The molecule has 0 amide bonds. The zero-order valence-electron chi connectivity index (χ0n) is 13.6. The molecule has 0 aliphatic carbocycles. The molecule has 0 fully saturated rings. The molecule has 0 aliphatic rings. The largest absolute Gasteiger partial charge is 0.423 e. The zero-order valence-corrected chi connectivity index (χ0v) is 14.4. The summed E-state index contributed by atoms with van der Waals surface area (Å²) in [4.78, 5) is 9.71. The molecule has 0 heterocycles. The molecule has 0 unspecified atom stereocenters. The fourth-order valence-electron chi connectivity index (χ4n) is 2.28. The highest BCUT2D eigenvalue weighted by Gasteiger charge is 2.38. The Kier molecular flexibility index (Phi) is 6.87. The summed E-state index contributed by atoms with van der Waals surface area (Å²) < 4.78 is 39.0. The number of benzene rings is 2. The molecule has 26 heavy (non-hydrogen) atoms. The Morgan fingerprint density at radius 2 is 1.88 bits per heavy atom. The van der Waals surface area contributed by atoms with Crippen molar-refractivity contribution in [3.05, 3.63) is 69.8 Å². The number of halogens is 3. The summed E-state index contributed by atoms with van der Waals surface area (Å²) in [6.07, 6.45) is -4.84. The van der Waals surface area contributed by atoms with Crippen LogP contribution in [-0.4, -0.2) is 28.4 Å². The number of anilines is 1. The highest BCUT2D eigenvalue weighted by atomic mass is 32.2. The lowest BCUT2D eigenvalue weighted by Gasteiger charge is -2.18. The van der Waals surface area contributed by atoms with Gasteiger partial charge in [-0.2, -0.15) is 24.9 Å². The van der Waals surface area contributed by atoms with Crippen LogP contribution in [0.25, 0.3) is 0 Å². The predicted molar refractivity (Wildman–Crippen MR) is 95.2 cm³/mol. The second-order valence-corrected chi connectivity index (χ2v) is 6.54. The van der Waals surface area contributed by atoms with Crippen molar-refractivity contribution in [1.29, 1.82) is 0 Å². The van der Waals surface area contributed by atoms with Gasteiger partial charge in [-0.1, -0.05) is 30.3 Å². The second kappa shape index (κ2) is 8.91. The summed E-state index contributed by atoms with van der Waals surface area (Å²) >= 11 is 1.52. The summed E-state index contributed by atoms with van der Waals surface area (Å²) in [5, 5.41) is 23.0. The maximum absolute atomic E-state index is 13.0. The quantitative estimate of drug-likeness (QED) is 0.522. The lowest BCUT2D eigenvalue weighted by atomic mass is 10.1. The van der Waals surface area contributed by atoms with Crippen molar-refractivity contribution in [2.75, 3.05) is 17.7 Å². The van der Waals surface area contributed by atoms with E-state index >= 15 is 0 Å². The minimum Gasteiger partial charge on any atom is -0.394 e. The summed E-state index contributed by atoms with van der Waals surface area (Å²) in [5.74, 6) is 1.16. The number of nitrogens with one attached hydrogen (secondary N) is 1. The fourth-order valence-corrected chi connectivity index (χ4v) is 3.30. The molecule has 9 heteroatoms. The standard InChI is InChI=1S/C17H17F3N2O3S/c18-17(19,20)15-8-13(6-7-16(15)22(24)25)21-14(9-23)11-26-10-12-4-2-1-3-5-12/h1-8,14,21,23H,9-11H2/t14-/m0/s1. The average molecular weight is 386 g/mol. The molecule has 1 atom stereocenters. The molecule has 5 nitrogen and oxygen atoms in total. The highest BCUT2D eigenvalue weighted by Crippen LogP contribution is 2.37. The first kappa shape index (κ1) is 20.1. The molecule has 2 aromatic rings. The Morgan fingerprint density at radius 3 is 2.46 bits per heavy atom. The van der Waals surface area contributed by atoms with Crippen LogP contribution in [-0.2, 0) is 11.9 Å². The van der Waals surface area contributed by atoms with Gasteiger partial charge in [-0.05, 0) is 17.7 Å². The van der Waals surface area contributed by atoms with E-state index in [0.29, 0.717) is 17.6 Å². The van der Waals surface area contributed by atoms with Crippen LogP contribution >= 0.6 is 11.8 Å². The topological polar surface area (TPSA) is 75.4 Å². The van der Waals surface area contributed by atoms with Crippen LogP contribution in [0, 0.1) is 10.1 Å². The van der Waals surface area contributed by atoms with Gasteiger partial charge in [-0.15, -0.1) is 0 Å². The molecule has 140 valence electrons. The van der Waals surface area contributed by atoms with Crippen molar-refractivity contribution in [2.24, 2.45) is 0 Å². The Balaban J connectivity index is 2.04. The number of hydrogen-bond acceptors (Lipinski definition) is 5. The third-order valence-corrected chi connectivity index (χ3v) is 4.70. The van der Waals surface area contributed by atoms with Crippen LogP contribution in [0.3, 0.4) is 0 Å². The monoisotopic (exact) mass is 386 g/mol. The molecular weight excluding hydrogens is 369 g/mol. The van der Waals surface area contributed by atoms with Crippen molar-refractivity contribution >= 4 is 23.1 Å². The number of aliphatic hydroxyl groups excluding tert-OH is 1. The Bertz CT molecular complexity index is 742. The smallest absolute Gasteiger partial charge is 0.394 e. The van der Waals surface area contributed by atoms with E-state index in [9.17, 15) is 28.4 Å². The summed E-state index contributed by atoms with van der Waals surface area (Å²) in [7, 11) is 0. The van der Waals surface area contributed by atoms with Gasteiger partial charge in [0.1, 0.15) is 5.56 Å². The molecule has 2 N–H and O–H groups in total. The van der Waals surface area contributed by atoms with E-state index in [4.69, 9.17) is 0 Å². The average Bonchev–Trinajstić information content (AvgIpc) is 2.60. The Morgan fingerprint density at radius 1 is 1.19 bits per heavy atom. The Hall–Kier alpha value is -2.26. The number of thioether (sulfide) groups is 1. The van der Waals surface area contributed by atoms with Crippen molar-refractivity contribution in [1.82, 2.24) is 0 Å². The van der Waals surface area contributed by atoms with Crippen LogP contribution in [0.1, 0.15) is 11.1 Å². The molecule has 0 saturated carbocycles. The summed E-state index contributed by atoms with van der Waals surface area (Å²) in [5.41, 5.74) is -1.14. The molecule has 0 bridgehead atoms. The van der Waals surface area contributed by atoms with Crippen molar-refractivity contribution in [3.8, 4) is 0 Å². The molecule has 0 saturated heterocycles. The molecule has 2 rings (SSSR count). The van der Waals surface area contributed by atoms with Gasteiger partial charge in [0.15, 0.2) is 0 Å². The van der Waals surface area contributed by atoms with Crippen LogP contribution in [0.15, 0.2) is 48.5 Å². The molecule has 0 spiro atoms. The van der Waals surface area contributed by atoms with Crippen molar-refractivity contribution in [2.45, 2.75) is 18.0 Å². The summed E-state index contributed by atoms with van der Waals surface area (Å²) in [6, 6.07) is 11.9. The van der Waals surface area contributed by atoms with Gasteiger partial charge in [0.25, 0.3) is 5.69 Å². The molecule has 0 aliphatic heterocycles. The number of rotatable bonds is 8. The molecule has 0 radical (unpaired) electrons. The van der Waals surface area contributed by atoms with Gasteiger partial charge in [0.05, 0.1) is 17.6 Å². The fraction of sp³-hybridized carbons (Fsp3) is 0.294. The minimum atomic E-state index is -4.84. The highest BCUT2D eigenvalue weighted by molar-refractivity contribution is 7.98. The number of nitrogens with zero attached hydrogens (tertiary/aromatic N) is 1. The molecular formula is C17H17F3N2O3S. The third-order valence-electron chi connectivity index (χ3n) is 3.52. The van der Waals surface area contributed by atoms with E-state index in [0.717, 1.165) is 11.6 Å². The van der Waals surface area contributed by atoms with E-state index in [1.54, 1.807) is 0 Å². The Labute approximate surface area is 152 Å². The van der Waals surface area contributed by atoms with Gasteiger partial charge >= 0.3 is 6.18 Å². The number of alkyl halides is 3. The maximum Gasteiger partial charge on any atom is 0.423 e. The van der Waals surface area contributed by atoms with Gasteiger partial charge < -0.3 is 10.4 Å². The van der Waals surface area contributed by atoms with Gasteiger partial charge in [0.2, 0.25) is 0 Å². The zero-order chi connectivity index (χ0) is 19.2.